The van der Waals surface area contributed by atoms with Gasteiger partial charge in [-0.25, -0.2) is 0 Å². The average Bonchev–Trinajstić information content (AvgIpc) is 2.73. The molecule has 1 aliphatic rings. The van der Waals surface area contributed by atoms with Crippen molar-refractivity contribution >= 4 is 11.7 Å². The van der Waals surface area contributed by atoms with Gasteiger partial charge in [0, 0.05) is 25.7 Å². The second-order valence-corrected chi connectivity index (χ2v) is 4.65. The summed E-state index contributed by atoms with van der Waals surface area (Å²) in [7, 11) is 1.84. The Kier molecular flexibility index (Phi) is 4.14. The lowest BCUT2D eigenvalue weighted by atomic mass is 9.93. The van der Waals surface area contributed by atoms with Gasteiger partial charge in [-0.1, -0.05) is 0 Å². The number of amides is 1. The Labute approximate surface area is 102 Å². The summed E-state index contributed by atoms with van der Waals surface area (Å²) in [6.07, 6.45) is 5.79. The van der Waals surface area contributed by atoms with Crippen molar-refractivity contribution in [2.45, 2.75) is 25.7 Å². The molecule has 1 amide bonds. The topological polar surface area (TPSA) is 59.0 Å². The fraction of sp³-hybridized carbons (Fsp3) is 0.667. The Balaban J connectivity index is 1.70. The second-order valence-electron chi connectivity index (χ2n) is 4.65. The van der Waals surface area contributed by atoms with E-state index in [0.29, 0.717) is 18.2 Å². The number of carbonyl (C=O) groups excluding carboxylic acids is 1. The van der Waals surface area contributed by atoms with E-state index >= 15 is 0 Å². The van der Waals surface area contributed by atoms with Crippen LogP contribution in [0.5, 0.6) is 0 Å². The standard InChI is InChI=1S/C12H20N4O/c1-16-9-6-11(15-16)14-12(17)3-2-10-4-7-13-8-5-10/h6,9-10,13H,2-5,7-8H2,1H3,(H,14,15,17). The van der Waals surface area contributed by atoms with Crippen molar-refractivity contribution in [2.24, 2.45) is 13.0 Å². The molecule has 1 aromatic rings. The van der Waals surface area contributed by atoms with Crippen LogP contribution in [0.4, 0.5) is 5.82 Å². The number of aryl methyl sites for hydroxylation is 1. The molecule has 1 aromatic heterocycles. The molecule has 5 nitrogen and oxygen atoms in total. The molecule has 1 aliphatic heterocycles. The lowest BCUT2D eigenvalue weighted by molar-refractivity contribution is -0.116. The largest absolute Gasteiger partial charge is 0.317 e. The molecule has 5 heteroatoms. The zero-order chi connectivity index (χ0) is 12.1. The van der Waals surface area contributed by atoms with Crippen molar-refractivity contribution in [3.05, 3.63) is 12.3 Å². The molecule has 0 saturated carbocycles. The van der Waals surface area contributed by atoms with E-state index in [1.807, 2.05) is 19.3 Å². The Bertz CT molecular complexity index is 368. The number of hydrogen-bond acceptors (Lipinski definition) is 3. The van der Waals surface area contributed by atoms with Crippen molar-refractivity contribution < 1.29 is 4.79 Å². The first-order valence-corrected chi connectivity index (χ1v) is 6.24. The molecule has 0 bridgehead atoms. The molecule has 0 spiro atoms. The highest BCUT2D eigenvalue weighted by atomic mass is 16.1. The number of carbonyl (C=O) groups is 1. The highest BCUT2D eigenvalue weighted by Crippen LogP contribution is 2.17. The van der Waals surface area contributed by atoms with E-state index in [9.17, 15) is 4.79 Å². The van der Waals surface area contributed by atoms with Crippen LogP contribution in [-0.4, -0.2) is 28.8 Å². The number of nitrogens with one attached hydrogen (secondary N) is 2. The third-order valence-corrected chi connectivity index (χ3v) is 3.22. The number of hydrogen-bond donors (Lipinski definition) is 2. The zero-order valence-electron chi connectivity index (χ0n) is 10.3. The van der Waals surface area contributed by atoms with Crippen molar-refractivity contribution in [3.8, 4) is 0 Å². The quantitative estimate of drug-likeness (QED) is 0.824. The van der Waals surface area contributed by atoms with Crippen LogP contribution in [-0.2, 0) is 11.8 Å². The minimum absolute atomic E-state index is 0.0715. The first kappa shape index (κ1) is 12.1. The maximum atomic E-state index is 11.7. The van der Waals surface area contributed by atoms with Crippen molar-refractivity contribution in [2.75, 3.05) is 18.4 Å². The Hall–Kier alpha value is -1.36. The van der Waals surface area contributed by atoms with Gasteiger partial charge in [-0.2, -0.15) is 5.10 Å². The summed E-state index contributed by atoms with van der Waals surface area (Å²) >= 11 is 0. The molecule has 0 aliphatic carbocycles. The average molecular weight is 236 g/mol. The highest BCUT2D eigenvalue weighted by Gasteiger charge is 2.14. The van der Waals surface area contributed by atoms with Crippen LogP contribution in [0.15, 0.2) is 12.3 Å². The van der Waals surface area contributed by atoms with Gasteiger partial charge in [0.2, 0.25) is 5.91 Å². The number of rotatable bonds is 4. The van der Waals surface area contributed by atoms with Gasteiger partial charge in [0.15, 0.2) is 5.82 Å². The van der Waals surface area contributed by atoms with Crippen molar-refractivity contribution in [3.63, 3.8) is 0 Å². The van der Waals surface area contributed by atoms with Gasteiger partial charge in [-0.15, -0.1) is 0 Å². The van der Waals surface area contributed by atoms with E-state index in [-0.39, 0.29) is 5.91 Å². The summed E-state index contributed by atoms with van der Waals surface area (Å²) in [6.45, 7) is 2.18. The molecule has 2 heterocycles. The fourth-order valence-corrected chi connectivity index (χ4v) is 2.19. The minimum Gasteiger partial charge on any atom is -0.317 e. The van der Waals surface area contributed by atoms with Crippen LogP contribution in [0.25, 0.3) is 0 Å². The van der Waals surface area contributed by atoms with Crippen LogP contribution < -0.4 is 10.6 Å². The third kappa shape index (κ3) is 3.85. The first-order chi connectivity index (χ1) is 8.24. The number of piperidine rings is 1. The molecule has 2 rings (SSSR count). The van der Waals surface area contributed by atoms with Crippen molar-refractivity contribution in [1.82, 2.24) is 15.1 Å². The van der Waals surface area contributed by atoms with Gasteiger partial charge in [-0.3, -0.25) is 9.48 Å². The lowest BCUT2D eigenvalue weighted by Gasteiger charge is -2.21. The molecule has 2 N–H and O–H groups in total. The summed E-state index contributed by atoms with van der Waals surface area (Å²) in [5.41, 5.74) is 0. The predicted molar refractivity (Wildman–Crippen MR) is 66.7 cm³/mol. The Morgan fingerprint density at radius 1 is 1.59 bits per heavy atom. The maximum Gasteiger partial charge on any atom is 0.225 e. The molecule has 0 atom stereocenters. The number of aromatic nitrogens is 2. The van der Waals surface area contributed by atoms with Gasteiger partial charge in [0.25, 0.3) is 0 Å². The summed E-state index contributed by atoms with van der Waals surface area (Å²) in [5, 5.41) is 10.3. The van der Waals surface area contributed by atoms with E-state index in [2.05, 4.69) is 15.7 Å². The SMILES string of the molecule is Cn1ccc(NC(=O)CCC2CCNCC2)n1. The third-order valence-electron chi connectivity index (χ3n) is 3.22. The van der Waals surface area contributed by atoms with Crippen LogP contribution in [0.3, 0.4) is 0 Å². The molecule has 1 saturated heterocycles. The molecular formula is C12H20N4O. The molecule has 0 unspecified atom stereocenters. The van der Waals surface area contributed by atoms with Crippen LogP contribution in [0, 0.1) is 5.92 Å². The molecular weight excluding hydrogens is 216 g/mol. The smallest absolute Gasteiger partial charge is 0.225 e. The van der Waals surface area contributed by atoms with Gasteiger partial charge in [0.05, 0.1) is 0 Å². The normalized spacial score (nSPS) is 17.0. The number of nitrogens with zero attached hydrogens (tertiary/aromatic N) is 2. The predicted octanol–water partition coefficient (Wildman–Crippen LogP) is 1.14. The highest BCUT2D eigenvalue weighted by molar-refractivity contribution is 5.89. The summed E-state index contributed by atoms with van der Waals surface area (Å²) < 4.78 is 1.68. The lowest BCUT2D eigenvalue weighted by Crippen LogP contribution is -2.28. The summed E-state index contributed by atoms with van der Waals surface area (Å²) in [5.74, 6) is 1.41. The van der Waals surface area contributed by atoms with E-state index in [0.717, 1.165) is 19.5 Å². The van der Waals surface area contributed by atoms with E-state index in [1.54, 1.807) is 4.68 Å². The van der Waals surface area contributed by atoms with E-state index in [4.69, 9.17) is 0 Å². The van der Waals surface area contributed by atoms with E-state index in [1.165, 1.54) is 12.8 Å². The molecule has 1 fully saturated rings. The van der Waals surface area contributed by atoms with E-state index < -0.39 is 0 Å². The Morgan fingerprint density at radius 3 is 3.00 bits per heavy atom. The second kappa shape index (κ2) is 5.82. The number of anilines is 1. The fourth-order valence-electron chi connectivity index (χ4n) is 2.19. The Morgan fingerprint density at radius 2 is 2.35 bits per heavy atom. The summed E-state index contributed by atoms with van der Waals surface area (Å²) in [4.78, 5) is 11.7. The maximum absolute atomic E-state index is 11.7. The van der Waals surface area contributed by atoms with Crippen LogP contribution >= 0.6 is 0 Å². The molecule has 94 valence electrons. The van der Waals surface area contributed by atoms with Gasteiger partial charge in [-0.05, 0) is 38.3 Å². The van der Waals surface area contributed by atoms with Crippen LogP contribution in [0.1, 0.15) is 25.7 Å². The van der Waals surface area contributed by atoms with Crippen molar-refractivity contribution in [1.29, 1.82) is 0 Å². The van der Waals surface area contributed by atoms with Gasteiger partial charge >= 0.3 is 0 Å². The van der Waals surface area contributed by atoms with Gasteiger partial charge in [0.1, 0.15) is 0 Å². The van der Waals surface area contributed by atoms with Gasteiger partial charge < -0.3 is 10.6 Å². The zero-order valence-corrected chi connectivity index (χ0v) is 10.3. The summed E-state index contributed by atoms with van der Waals surface area (Å²) in [6, 6.07) is 1.81. The monoisotopic (exact) mass is 236 g/mol. The minimum atomic E-state index is 0.0715. The molecule has 0 radical (unpaired) electrons. The molecule has 0 aromatic carbocycles. The molecule has 17 heavy (non-hydrogen) atoms. The van der Waals surface area contributed by atoms with Crippen LogP contribution in [0.2, 0.25) is 0 Å². The first-order valence-electron chi connectivity index (χ1n) is 6.24.